The molecule has 0 spiro atoms. The van der Waals surface area contributed by atoms with E-state index in [1.54, 1.807) is 0 Å². The van der Waals surface area contributed by atoms with Crippen molar-refractivity contribution in [1.82, 2.24) is 10.2 Å². The fraction of sp³-hybridized carbons (Fsp3) is 0.588. The van der Waals surface area contributed by atoms with Gasteiger partial charge in [0.2, 0.25) is 0 Å². The molecule has 22 heavy (non-hydrogen) atoms. The Morgan fingerprint density at radius 2 is 2.00 bits per heavy atom. The van der Waals surface area contributed by atoms with Crippen molar-refractivity contribution in [2.24, 2.45) is 0 Å². The minimum atomic E-state index is -2.74. The van der Waals surface area contributed by atoms with Gasteiger partial charge in [-0.3, -0.25) is 4.79 Å². The number of likely N-dealkylation sites (tertiary alicyclic amines) is 1. The lowest BCUT2D eigenvalue weighted by Crippen LogP contribution is -2.31. The van der Waals surface area contributed by atoms with Crippen molar-refractivity contribution in [3.8, 4) is 0 Å². The number of carbonyl (C=O) groups is 1. The van der Waals surface area contributed by atoms with Crippen LogP contribution >= 0.6 is 0 Å². The maximum Gasteiger partial charge on any atom is 0.267 e. The third-order valence-electron chi connectivity index (χ3n) is 4.61. The van der Waals surface area contributed by atoms with Gasteiger partial charge in [-0.15, -0.1) is 0 Å². The third-order valence-corrected chi connectivity index (χ3v) is 4.61. The van der Waals surface area contributed by atoms with Crippen molar-refractivity contribution in [2.75, 3.05) is 26.2 Å². The first-order chi connectivity index (χ1) is 10.4. The van der Waals surface area contributed by atoms with Crippen LogP contribution < -0.4 is 5.32 Å². The molecule has 0 aliphatic carbocycles. The number of aryl methyl sites for hydroxylation is 1. The van der Waals surface area contributed by atoms with Crippen LogP contribution in [0.2, 0.25) is 0 Å². The molecule has 1 aromatic carbocycles. The number of hydrogen-bond donors (Lipinski definition) is 1. The molecule has 0 radical (unpaired) electrons. The summed E-state index contributed by atoms with van der Waals surface area (Å²) in [6.07, 6.45) is 1.88. The minimum Gasteiger partial charge on any atom is -0.332 e. The molecule has 2 heterocycles. The molecule has 0 bridgehead atoms. The summed E-state index contributed by atoms with van der Waals surface area (Å²) < 4.78 is 26.6. The smallest absolute Gasteiger partial charge is 0.267 e. The van der Waals surface area contributed by atoms with Gasteiger partial charge in [-0.05, 0) is 56.5 Å². The van der Waals surface area contributed by atoms with Crippen LogP contribution in [0.15, 0.2) is 18.2 Å². The standard InChI is InChI=1S/C17H22F2N2O/c1-12-8-14(13-2-5-20-6-3-13)10-15(9-12)16(22)21-7-4-17(18,19)11-21/h8-10,13,20H,2-7,11H2,1H3. The largest absolute Gasteiger partial charge is 0.332 e. The number of rotatable bonds is 2. The summed E-state index contributed by atoms with van der Waals surface area (Å²) in [5, 5.41) is 3.33. The Labute approximate surface area is 129 Å². The molecule has 1 aromatic rings. The first-order valence-electron chi connectivity index (χ1n) is 7.94. The van der Waals surface area contributed by atoms with Crippen molar-refractivity contribution in [3.63, 3.8) is 0 Å². The van der Waals surface area contributed by atoms with E-state index in [1.165, 1.54) is 4.90 Å². The molecule has 2 aliphatic heterocycles. The van der Waals surface area contributed by atoms with Crippen LogP contribution in [0.25, 0.3) is 0 Å². The van der Waals surface area contributed by atoms with E-state index in [2.05, 4.69) is 11.4 Å². The SMILES string of the molecule is Cc1cc(C(=O)N2CCC(F)(F)C2)cc(C2CCNCC2)c1. The van der Waals surface area contributed by atoms with E-state index in [4.69, 9.17) is 0 Å². The quantitative estimate of drug-likeness (QED) is 0.911. The normalized spacial score (nSPS) is 22.0. The Morgan fingerprint density at radius 1 is 1.27 bits per heavy atom. The van der Waals surface area contributed by atoms with Crippen molar-refractivity contribution in [1.29, 1.82) is 0 Å². The maximum absolute atomic E-state index is 13.3. The lowest BCUT2D eigenvalue weighted by molar-refractivity contribution is 0.0120. The molecular formula is C17H22F2N2O. The van der Waals surface area contributed by atoms with Gasteiger partial charge < -0.3 is 10.2 Å². The summed E-state index contributed by atoms with van der Waals surface area (Å²) in [7, 11) is 0. The number of benzene rings is 1. The highest BCUT2D eigenvalue weighted by molar-refractivity contribution is 5.95. The lowest BCUT2D eigenvalue weighted by Gasteiger charge is -2.24. The van der Waals surface area contributed by atoms with E-state index in [-0.39, 0.29) is 18.9 Å². The van der Waals surface area contributed by atoms with Gasteiger partial charge in [-0.25, -0.2) is 8.78 Å². The minimum absolute atomic E-state index is 0.141. The van der Waals surface area contributed by atoms with Crippen LogP contribution in [-0.2, 0) is 0 Å². The van der Waals surface area contributed by atoms with E-state index in [9.17, 15) is 13.6 Å². The Balaban J connectivity index is 1.81. The van der Waals surface area contributed by atoms with Gasteiger partial charge in [0.25, 0.3) is 11.8 Å². The first-order valence-corrected chi connectivity index (χ1v) is 7.94. The van der Waals surface area contributed by atoms with Gasteiger partial charge in [0.15, 0.2) is 0 Å². The third kappa shape index (κ3) is 3.29. The number of carbonyl (C=O) groups excluding carboxylic acids is 1. The van der Waals surface area contributed by atoms with E-state index in [1.807, 2.05) is 19.1 Å². The molecule has 2 fully saturated rings. The van der Waals surface area contributed by atoms with Crippen LogP contribution in [0.3, 0.4) is 0 Å². The fourth-order valence-electron chi connectivity index (χ4n) is 3.42. The zero-order valence-corrected chi connectivity index (χ0v) is 12.9. The van der Waals surface area contributed by atoms with Gasteiger partial charge in [0.1, 0.15) is 0 Å². The molecular weight excluding hydrogens is 286 g/mol. The predicted molar refractivity (Wildman–Crippen MR) is 81.5 cm³/mol. The molecule has 120 valence electrons. The number of piperidine rings is 1. The molecule has 0 saturated carbocycles. The summed E-state index contributed by atoms with van der Waals surface area (Å²) in [6, 6.07) is 5.83. The van der Waals surface area contributed by atoms with E-state index in [0.29, 0.717) is 11.5 Å². The first kappa shape index (κ1) is 15.4. The Hall–Kier alpha value is -1.49. The second-order valence-electron chi connectivity index (χ2n) is 6.49. The highest BCUT2D eigenvalue weighted by Gasteiger charge is 2.40. The number of amides is 1. The number of nitrogens with zero attached hydrogens (tertiary/aromatic N) is 1. The molecule has 2 aliphatic rings. The molecule has 3 nitrogen and oxygen atoms in total. The zero-order chi connectivity index (χ0) is 15.7. The summed E-state index contributed by atoms with van der Waals surface area (Å²) in [5.41, 5.74) is 2.73. The Bertz CT molecular complexity index is 568. The monoisotopic (exact) mass is 308 g/mol. The molecule has 0 aromatic heterocycles. The van der Waals surface area contributed by atoms with Crippen LogP contribution in [-0.4, -0.2) is 42.9 Å². The molecule has 3 rings (SSSR count). The molecule has 2 saturated heterocycles. The molecule has 1 N–H and O–H groups in total. The van der Waals surface area contributed by atoms with Gasteiger partial charge in [-0.2, -0.15) is 0 Å². The van der Waals surface area contributed by atoms with Crippen molar-refractivity contribution < 1.29 is 13.6 Å². The number of nitrogens with one attached hydrogen (secondary N) is 1. The van der Waals surface area contributed by atoms with Gasteiger partial charge in [-0.1, -0.05) is 11.6 Å². The van der Waals surface area contributed by atoms with E-state index in [0.717, 1.165) is 37.1 Å². The second kappa shape index (κ2) is 5.95. The predicted octanol–water partition coefficient (Wildman–Crippen LogP) is 2.94. The summed E-state index contributed by atoms with van der Waals surface area (Å²) in [5.74, 6) is -2.55. The van der Waals surface area contributed by atoms with Crippen LogP contribution in [0.4, 0.5) is 8.78 Å². The molecule has 0 atom stereocenters. The summed E-state index contributed by atoms with van der Waals surface area (Å²) in [6.45, 7) is 3.62. The topological polar surface area (TPSA) is 32.3 Å². The van der Waals surface area contributed by atoms with Gasteiger partial charge in [0.05, 0.1) is 6.54 Å². The Kier molecular flexibility index (Phi) is 4.17. The van der Waals surface area contributed by atoms with Crippen LogP contribution in [0.5, 0.6) is 0 Å². The average molecular weight is 308 g/mol. The van der Waals surface area contributed by atoms with Crippen molar-refractivity contribution in [2.45, 2.75) is 38.0 Å². The molecule has 1 amide bonds. The van der Waals surface area contributed by atoms with Gasteiger partial charge in [0, 0.05) is 18.5 Å². The highest BCUT2D eigenvalue weighted by Crippen LogP contribution is 2.30. The zero-order valence-electron chi connectivity index (χ0n) is 12.9. The summed E-state index contributed by atoms with van der Waals surface area (Å²) >= 11 is 0. The maximum atomic E-state index is 13.3. The number of halogens is 2. The average Bonchev–Trinajstić information content (AvgIpc) is 2.87. The number of hydrogen-bond acceptors (Lipinski definition) is 2. The second-order valence-corrected chi connectivity index (χ2v) is 6.49. The highest BCUT2D eigenvalue weighted by atomic mass is 19.3. The lowest BCUT2D eigenvalue weighted by atomic mass is 9.88. The van der Waals surface area contributed by atoms with Crippen molar-refractivity contribution >= 4 is 5.91 Å². The van der Waals surface area contributed by atoms with Gasteiger partial charge >= 0.3 is 0 Å². The fourth-order valence-corrected chi connectivity index (χ4v) is 3.42. The van der Waals surface area contributed by atoms with Crippen molar-refractivity contribution in [3.05, 3.63) is 34.9 Å². The number of alkyl halides is 2. The van der Waals surface area contributed by atoms with E-state index >= 15 is 0 Å². The van der Waals surface area contributed by atoms with Crippen LogP contribution in [0.1, 0.15) is 46.7 Å². The van der Waals surface area contributed by atoms with Crippen LogP contribution in [0, 0.1) is 6.92 Å². The molecule has 5 heteroatoms. The summed E-state index contributed by atoms with van der Waals surface area (Å²) in [4.78, 5) is 13.8. The molecule has 0 unspecified atom stereocenters. The Morgan fingerprint density at radius 3 is 2.64 bits per heavy atom. The van der Waals surface area contributed by atoms with E-state index < -0.39 is 12.5 Å².